The van der Waals surface area contributed by atoms with Crippen LogP contribution in [0.2, 0.25) is 0 Å². The van der Waals surface area contributed by atoms with Crippen molar-refractivity contribution in [3.05, 3.63) is 29.8 Å². The SMILES string of the molecule is COc1ccc(C2=NN(CC(=O)NCCN(C)C)C(=O)CC2)cc1. The smallest absolute Gasteiger partial charge is 0.243 e. The van der Waals surface area contributed by atoms with E-state index in [9.17, 15) is 9.59 Å². The van der Waals surface area contributed by atoms with Crippen LogP contribution in [0.3, 0.4) is 0 Å². The first-order valence-corrected chi connectivity index (χ1v) is 7.93. The van der Waals surface area contributed by atoms with Crippen molar-refractivity contribution >= 4 is 17.5 Å². The minimum Gasteiger partial charge on any atom is -0.497 e. The van der Waals surface area contributed by atoms with E-state index in [1.165, 1.54) is 5.01 Å². The molecule has 0 unspecified atom stereocenters. The van der Waals surface area contributed by atoms with Crippen LogP contribution in [0.1, 0.15) is 18.4 Å². The molecule has 2 rings (SSSR count). The molecule has 7 nitrogen and oxygen atoms in total. The van der Waals surface area contributed by atoms with Crippen molar-refractivity contribution in [2.24, 2.45) is 5.10 Å². The number of methoxy groups -OCH3 is 1. The fourth-order valence-electron chi connectivity index (χ4n) is 2.33. The van der Waals surface area contributed by atoms with Crippen molar-refractivity contribution in [3.63, 3.8) is 0 Å². The summed E-state index contributed by atoms with van der Waals surface area (Å²) in [7, 11) is 5.49. The lowest BCUT2D eigenvalue weighted by Crippen LogP contribution is -2.42. The van der Waals surface area contributed by atoms with E-state index in [4.69, 9.17) is 4.74 Å². The molecule has 0 fully saturated rings. The van der Waals surface area contributed by atoms with Gasteiger partial charge < -0.3 is 15.0 Å². The highest BCUT2D eigenvalue weighted by atomic mass is 16.5. The Morgan fingerprint density at radius 3 is 2.62 bits per heavy atom. The number of hydrazone groups is 1. The summed E-state index contributed by atoms with van der Waals surface area (Å²) in [4.78, 5) is 25.9. The third-order valence-corrected chi connectivity index (χ3v) is 3.70. The predicted molar refractivity (Wildman–Crippen MR) is 92.0 cm³/mol. The third kappa shape index (κ3) is 5.06. The number of hydrogen-bond donors (Lipinski definition) is 1. The van der Waals surface area contributed by atoms with Crippen LogP contribution < -0.4 is 10.1 Å². The second-order valence-corrected chi connectivity index (χ2v) is 5.88. The van der Waals surface area contributed by atoms with E-state index in [1.807, 2.05) is 43.3 Å². The van der Waals surface area contributed by atoms with Gasteiger partial charge in [0.2, 0.25) is 11.8 Å². The molecule has 1 N–H and O–H groups in total. The molecular formula is C17H24N4O3. The van der Waals surface area contributed by atoms with Gasteiger partial charge in [0.25, 0.3) is 0 Å². The highest BCUT2D eigenvalue weighted by molar-refractivity contribution is 6.04. The van der Waals surface area contributed by atoms with Crippen molar-refractivity contribution in [3.8, 4) is 5.75 Å². The van der Waals surface area contributed by atoms with Gasteiger partial charge in [-0.2, -0.15) is 5.10 Å². The van der Waals surface area contributed by atoms with Gasteiger partial charge in [0.15, 0.2) is 0 Å². The summed E-state index contributed by atoms with van der Waals surface area (Å²) in [5.74, 6) is 0.434. The van der Waals surface area contributed by atoms with E-state index in [-0.39, 0.29) is 18.4 Å². The van der Waals surface area contributed by atoms with Gasteiger partial charge in [-0.05, 0) is 43.9 Å². The Labute approximate surface area is 142 Å². The molecule has 7 heteroatoms. The van der Waals surface area contributed by atoms with Gasteiger partial charge in [-0.15, -0.1) is 0 Å². The molecular weight excluding hydrogens is 308 g/mol. The molecule has 0 bridgehead atoms. The highest BCUT2D eigenvalue weighted by Gasteiger charge is 2.23. The van der Waals surface area contributed by atoms with Crippen LogP contribution in [0.4, 0.5) is 0 Å². The Morgan fingerprint density at radius 1 is 1.29 bits per heavy atom. The van der Waals surface area contributed by atoms with Crippen LogP contribution in [0, 0.1) is 0 Å². The first kappa shape index (κ1) is 17.9. The summed E-state index contributed by atoms with van der Waals surface area (Å²) in [6.07, 6.45) is 0.930. The minimum absolute atomic E-state index is 0.0497. The maximum absolute atomic E-state index is 12.0. The molecule has 1 heterocycles. The second-order valence-electron chi connectivity index (χ2n) is 5.88. The van der Waals surface area contributed by atoms with Gasteiger partial charge in [-0.1, -0.05) is 0 Å². The maximum atomic E-state index is 12.0. The molecule has 0 radical (unpaired) electrons. The fourth-order valence-corrected chi connectivity index (χ4v) is 2.33. The molecule has 0 aliphatic carbocycles. The molecule has 0 saturated heterocycles. The largest absolute Gasteiger partial charge is 0.497 e. The van der Waals surface area contributed by atoms with E-state index in [2.05, 4.69) is 10.4 Å². The summed E-state index contributed by atoms with van der Waals surface area (Å²) in [6, 6.07) is 7.52. The Hall–Kier alpha value is -2.41. The molecule has 2 amide bonds. The normalized spacial score (nSPS) is 14.6. The van der Waals surface area contributed by atoms with Crippen LogP contribution in [-0.2, 0) is 9.59 Å². The number of ether oxygens (including phenoxy) is 1. The Balaban J connectivity index is 2.00. The number of benzene rings is 1. The van der Waals surface area contributed by atoms with Crippen molar-refractivity contribution in [2.45, 2.75) is 12.8 Å². The number of carbonyl (C=O) groups excluding carboxylic acids is 2. The lowest BCUT2D eigenvalue weighted by molar-refractivity contribution is -0.136. The summed E-state index contributed by atoms with van der Waals surface area (Å²) in [5, 5.41) is 8.41. The molecule has 1 aliphatic heterocycles. The third-order valence-electron chi connectivity index (χ3n) is 3.70. The number of rotatable bonds is 7. The first-order chi connectivity index (χ1) is 11.5. The van der Waals surface area contributed by atoms with Crippen LogP contribution in [0.5, 0.6) is 5.75 Å². The van der Waals surface area contributed by atoms with E-state index >= 15 is 0 Å². The average Bonchev–Trinajstić information content (AvgIpc) is 2.56. The number of hydrogen-bond acceptors (Lipinski definition) is 5. The Morgan fingerprint density at radius 2 is 2.00 bits per heavy atom. The van der Waals surface area contributed by atoms with Crippen molar-refractivity contribution < 1.29 is 14.3 Å². The van der Waals surface area contributed by atoms with Crippen molar-refractivity contribution in [1.29, 1.82) is 0 Å². The van der Waals surface area contributed by atoms with Crippen molar-refractivity contribution in [1.82, 2.24) is 15.2 Å². The highest BCUT2D eigenvalue weighted by Crippen LogP contribution is 2.18. The van der Waals surface area contributed by atoms with E-state index in [0.717, 1.165) is 23.6 Å². The van der Waals surface area contributed by atoms with E-state index in [0.29, 0.717) is 19.4 Å². The molecule has 1 aliphatic rings. The van der Waals surface area contributed by atoms with Gasteiger partial charge in [-0.3, -0.25) is 9.59 Å². The summed E-state index contributed by atoms with van der Waals surface area (Å²) < 4.78 is 5.14. The number of likely N-dealkylation sites (N-methyl/N-ethyl adjacent to an activating group) is 1. The zero-order valence-corrected chi connectivity index (χ0v) is 14.4. The first-order valence-electron chi connectivity index (χ1n) is 7.93. The maximum Gasteiger partial charge on any atom is 0.243 e. The molecule has 1 aromatic carbocycles. The molecule has 0 aromatic heterocycles. The van der Waals surface area contributed by atoms with Gasteiger partial charge in [-0.25, -0.2) is 5.01 Å². The molecule has 0 atom stereocenters. The van der Waals surface area contributed by atoms with Crippen LogP contribution >= 0.6 is 0 Å². The Bertz CT molecular complexity index is 611. The average molecular weight is 332 g/mol. The zero-order chi connectivity index (χ0) is 17.5. The van der Waals surface area contributed by atoms with Gasteiger partial charge in [0.1, 0.15) is 12.3 Å². The van der Waals surface area contributed by atoms with E-state index < -0.39 is 0 Å². The lowest BCUT2D eigenvalue weighted by atomic mass is 10.0. The monoisotopic (exact) mass is 332 g/mol. The molecule has 24 heavy (non-hydrogen) atoms. The standard InChI is InChI=1S/C17H24N4O3/c1-20(2)11-10-18-16(22)12-21-17(23)9-8-15(19-21)13-4-6-14(24-3)7-5-13/h4-7H,8-12H2,1-3H3,(H,18,22). The molecule has 0 spiro atoms. The Kier molecular flexibility index (Phi) is 6.31. The topological polar surface area (TPSA) is 74.2 Å². The van der Waals surface area contributed by atoms with Gasteiger partial charge >= 0.3 is 0 Å². The molecule has 0 saturated carbocycles. The van der Waals surface area contributed by atoms with Crippen molar-refractivity contribution in [2.75, 3.05) is 40.8 Å². The molecule has 1 aromatic rings. The number of nitrogens with zero attached hydrogens (tertiary/aromatic N) is 3. The van der Waals surface area contributed by atoms with Crippen LogP contribution in [0.25, 0.3) is 0 Å². The summed E-state index contributed by atoms with van der Waals surface area (Å²) in [5.41, 5.74) is 1.74. The number of carbonyl (C=O) groups is 2. The van der Waals surface area contributed by atoms with Gasteiger partial charge in [0, 0.05) is 25.9 Å². The van der Waals surface area contributed by atoms with Crippen LogP contribution in [-0.4, -0.2) is 68.3 Å². The second kappa shape index (κ2) is 8.44. The lowest BCUT2D eigenvalue weighted by Gasteiger charge is -2.23. The molecule has 130 valence electrons. The van der Waals surface area contributed by atoms with Crippen LogP contribution in [0.15, 0.2) is 29.4 Å². The minimum atomic E-state index is -0.204. The van der Waals surface area contributed by atoms with Gasteiger partial charge in [0.05, 0.1) is 12.8 Å². The number of nitrogens with one attached hydrogen (secondary N) is 1. The fraction of sp³-hybridized carbons (Fsp3) is 0.471. The summed E-state index contributed by atoms with van der Waals surface area (Å²) >= 11 is 0. The van der Waals surface area contributed by atoms with E-state index in [1.54, 1.807) is 7.11 Å². The summed E-state index contributed by atoms with van der Waals surface area (Å²) in [6.45, 7) is 1.24. The zero-order valence-electron chi connectivity index (χ0n) is 14.4. The predicted octanol–water partition coefficient (Wildman–Crippen LogP) is 0.700. The quantitative estimate of drug-likeness (QED) is 0.798. The number of amides is 2.